The zero-order chi connectivity index (χ0) is 20.8. The molecule has 152 valence electrons. The predicted octanol–water partition coefficient (Wildman–Crippen LogP) is 3.64. The molecule has 0 unspecified atom stereocenters. The van der Waals surface area contributed by atoms with Crippen molar-refractivity contribution in [3.8, 4) is 0 Å². The number of nitrogens with zero attached hydrogens (tertiary/aromatic N) is 2. The molecule has 0 saturated carbocycles. The smallest absolute Gasteiger partial charge is 0.272 e. The third-order valence-electron chi connectivity index (χ3n) is 5.39. The SMILES string of the molecule is O=C(NCCCc1ccccc1)c1cccc(C(=O)N2CCc3ccccc3C2)n1. The molecule has 0 spiro atoms. The number of pyridine rings is 1. The van der Waals surface area contributed by atoms with Gasteiger partial charge in [0.1, 0.15) is 11.4 Å². The maximum Gasteiger partial charge on any atom is 0.272 e. The van der Waals surface area contributed by atoms with E-state index >= 15 is 0 Å². The minimum absolute atomic E-state index is 0.136. The lowest BCUT2D eigenvalue weighted by Gasteiger charge is -2.28. The standard InChI is InChI=1S/C25H25N3O2/c29-24(26-16-7-10-19-8-2-1-3-9-19)22-13-6-14-23(27-22)25(30)28-17-15-20-11-4-5-12-21(20)18-28/h1-6,8-9,11-14H,7,10,15-18H2,(H,26,29). The summed E-state index contributed by atoms with van der Waals surface area (Å²) in [6, 6.07) is 23.4. The third-order valence-corrected chi connectivity index (χ3v) is 5.39. The van der Waals surface area contributed by atoms with Gasteiger partial charge in [0.2, 0.25) is 0 Å². The average Bonchev–Trinajstić information content (AvgIpc) is 2.81. The van der Waals surface area contributed by atoms with Crippen molar-refractivity contribution in [3.05, 3.63) is 101 Å². The van der Waals surface area contributed by atoms with E-state index in [9.17, 15) is 9.59 Å². The zero-order valence-electron chi connectivity index (χ0n) is 16.9. The molecule has 0 aliphatic carbocycles. The van der Waals surface area contributed by atoms with Gasteiger partial charge in [0.15, 0.2) is 0 Å². The summed E-state index contributed by atoms with van der Waals surface area (Å²) < 4.78 is 0. The minimum atomic E-state index is -0.248. The van der Waals surface area contributed by atoms with Crippen LogP contribution in [0.4, 0.5) is 0 Å². The number of hydrogen-bond acceptors (Lipinski definition) is 3. The molecule has 1 N–H and O–H groups in total. The first kappa shape index (κ1) is 19.8. The first-order valence-corrected chi connectivity index (χ1v) is 10.4. The summed E-state index contributed by atoms with van der Waals surface area (Å²) in [4.78, 5) is 31.5. The minimum Gasteiger partial charge on any atom is -0.351 e. The van der Waals surface area contributed by atoms with E-state index in [1.807, 2.05) is 30.3 Å². The van der Waals surface area contributed by atoms with E-state index < -0.39 is 0 Å². The van der Waals surface area contributed by atoms with Crippen LogP contribution in [0, 0.1) is 0 Å². The van der Waals surface area contributed by atoms with Crippen molar-refractivity contribution >= 4 is 11.8 Å². The van der Waals surface area contributed by atoms with Crippen molar-refractivity contribution in [2.75, 3.05) is 13.1 Å². The lowest BCUT2D eigenvalue weighted by molar-refractivity contribution is 0.0728. The van der Waals surface area contributed by atoms with E-state index in [1.54, 1.807) is 23.1 Å². The molecule has 1 aromatic heterocycles. The molecule has 1 aliphatic rings. The second kappa shape index (κ2) is 9.35. The zero-order valence-corrected chi connectivity index (χ0v) is 16.9. The number of benzene rings is 2. The molecule has 0 radical (unpaired) electrons. The van der Waals surface area contributed by atoms with E-state index in [1.165, 1.54) is 16.7 Å². The molecule has 2 aromatic carbocycles. The third kappa shape index (κ3) is 4.74. The van der Waals surface area contributed by atoms with Gasteiger partial charge in [-0.15, -0.1) is 0 Å². The largest absolute Gasteiger partial charge is 0.351 e. The van der Waals surface area contributed by atoms with Crippen LogP contribution in [0.1, 0.15) is 44.1 Å². The highest BCUT2D eigenvalue weighted by atomic mass is 16.2. The van der Waals surface area contributed by atoms with Crippen molar-refractivity contribution in [1.29, 1.82) is 0 Å². The van der Waals surface area contributed by atoms with Gasteiger partial charge in [0.25, 0.3) is 11.8 Å². The fraction of sp³-hybridized carbons (Fsp3) is 0.240. The van der Waals surface area contributed by atoms with Crippen molar-refractivity contribution < 1.29 is 9.59 Å². The Kier molecular flexibility index (Phi) is 6.18. The second-order valence-corrected chi connectivity index (χ2v) is 7.50. The second-order valence-electron chi connectivity index (χ2n) is 7.50. The number of amides is 2. The lowest BCUT2D eigenvalue weighted by atomic mass is 10.00. The molecular weight excluding hydrogens is 374 g/mol. The van der Waals surface area contributed by atoms with Gasteiger partial charge in [-0.3, -0.25) is 9.59 Å². The van der Waals surface area contributed by atoms with Crippen LogP contribution in [0.3, 0.4) is 0 Å². The summed E-state index contributed by atoms with van der Waals surface area (Å²) in [5.41, 5.74) is 4.30. The van der Waals surface area contributed by atoms with Crippen LogP contribution >= 0.6 is 0 Å². The lowest BCUT2D eigenvalue weighted by Crippen LogP contribution is -2.36. The molecule has 2 heterocycles. The summed E-state index contributed by atoms with van der Waals surface area (Å²) >= 11 is 0. The van der Waals surface area contributed by atoms with Crippen LogP contribution in [-0.2, 0) is 19.4 Å². The van der Waals surface area contributed by atoms with Crippen molar-refractivity contribution in [2.24, 2.45) is 0 Å². The molecule has 3 aromatic rings. The van der Waals surface area contributed by atoms with Gasteiger partial charge < -0.3 is 10.2 Å². The molecule has 4 rings (SSSR count). The predicted molar refractivity (Wildman–Crippen MR) is 116 cm³/mol. The maximum atomic E-state index is 12.9. The molecule has 0 bridgehead atoms. The normalized spacial score (nSPS) is 12.9. The fourth-order valence-electron chi connectivity index (χ4n) is 3.74. The summed E-state index contributed by atoms with van der Waals surface area (Å²) in [6.45, 7) is 1.80. The number of nitrogens with one attached hydrogen (secondary N) is 1. The highest BCUT2D eigenvalue weighted by Gasteiger charge is 2.23. The Hall–Kier alpha value is -3.47. The number of carbonyl (C=O) groups excluding carboxylic acids is 2. The van der Waals surface area contributed by atoms with Gasteiger partial charge in [-0.05, 0) is 48.1 Å². The first-order valence-electron chi connectivity index (χ1n) is 10.4. The number of fused-ring (bicyclic) bond motifs is 1. The summed E-state index contributed by atoms with van der Waals surface area (Å²) in [5.74, 6) is -0.384. The van der Waals surface area contributed by atoms with Crippen LogP contribution in [0.5, 0.6) is 0 Å². The fourth-order valence-corrected chi connectivity index (χ4v) is 3.74. The van der Waals surface area contributed by atoms with Gasteiger partial charge in [-0.25, -0.2) is 4.98 Å². The van der Waals surface area contributed by atoms with E-state index in [4.69, 9.17) is 0 Å². The Balaban J connectivity index is 1.34. The molecule has 1 aliphatic heterocycles. The Morgan fingerprint density at radius 2 is 1.60 bits per heavy atom. The van der Waals surface area contributed by atoms with E-state index in [-0.39, 0.29) is 17.5 Å². The molecule has 5 nitrogen and oxygen atoms in total. The molecule has 2 amide bonds. The van der Waals surface area contributed by atoms with Gasteiger partial charge in [-0.2, -0.15) is 0 Å². The van der Waals surface area contributed by atoms with Crippen molar-refractivity contribution in [1.82, 2.24) is 15.2 Å². The van der Waals surface area contributed by atoms with Gasteiger partial charge in [0.05, 0.1) is 0 Å². The van der Waals surface area contributed by atoms with E-state index in [0.29, 0.717) is 25.3 Å². The summed E-state index contributed by atoms with van der Waals surface area (Å²) in [6.07, 6.45) is 2.59. The van der Waals surface area contributed by atoms with Crippen LogP contribution < -0.4 is 5.32 Å². The van der Waals surface area contributed by atoms with Gasteiger partial charge >= 0.3 is 0 Å². The molecule has 30 heavy (non-hydrogen) atoms. The maximum absolute atomic E-state index is 12.9. The Bertz CT molecular complexity index is 1030. The Labute approximate surface area is 176 Å². The van der Waals surface area contributed by atoms with Gasteiger partial charge in [-0.1, -0.05) is 60.7 Å². The molecule has 0 fully saturated rings. The molecular formula is C25H25N3O2. The van der Waals surface area contributed by atoms with E-state index in [0.717, 1.165) is 19.3 Å². The van der Waals surface area contributed by atoms with Crippen LogP contribution in [0.2, 0.25) is 0 Å². The van der Waals surface area contributed by atoms with Crippen molar-refractivity contribution in [3.63, 3.8) is 0 Å². The first-order chi connectivity index (χ1) is 14.7. The molecule has 5 heteroatoms. The number of aryl methyl sites for hydroxylation is 1. The van der Waals surface area contributed by atoms with Crippen LogP contribution in [0.15, 0.2) is 72.8 Å². The highest BCUT2D eigenvalue weighted by Crippen LogP contribution is 2.20. The number of hydrogen-bond donors (Lipinski definition) is 1. The molecule has 0 saturated heterocycles. The Morgan fingerprint density at radius 1 is 0.867 bits per heavy atom. The monoisotopic (exact) mass is 399 g/mol. The van der Waals surface area contributed by atoms with E-state index in [2.05, 4.69) is 34.6 Å². The Morgan fingerprint density at radius 3 is 2.43 bits per heavy atom. The van der Waals surface area contributed by atoms with Gasteiger partial charge in [0, 0.05) is 19.6 Å². The van der Waals surface area contributed by atoms with Crippen molar-refractivity contribution in [2.45, 2.75) is 25.8 Å². The number of carbonyl (C=O) groups is 2. The highest BCUT2D eigenvalue weighted by molar-refractivity contribution is 5.96. The van der Waals surface area contributed by atoms with Crippen LogP contribution in [0.25, 0.3) is 0 Å². The number of aromatic nitrogens is 1. The molecule has 0 atom stereocenters. The summed E-state index contributed by atoms with van der Waals surface area (Å²) in [7, 11) is 0. The quantitative estimate of drug-likeness (QED) is 0.644. The average molecular weight is 399 g/mol. The number of rotatable bonds is 6. The van der Waals surface area contributed by atoms with Crippen LogP contribution in [-0.4, -0.2) is 34.8 Å². The summed E-state index contributed by atoms with van der Waals surface area (Å²) in [5, 5.41) is 2.90. The topological polar surface area (TPSA) is 62.3 Å².